The molecule has 4 aromatic rings. The standard InChI is InChI=1S/C19H14S/c1-13-11-12-15(14-7-3-2-4-8-14)18-16-9-5-6-10-17(16)20-19(13)18/h2-12H,1H3. The third-order valence-electron chi connectivity index (χ3n) is 3.81. The molecule has 96 valence electrons. The third-order valence-corrected chi connectivity index (χ3v) is 5.11. The summed E-state index contributed by atoms with van der Waals surface area (Å²) in [4.78, 5) is 0. The number of hydrogen-bond donors (Lipinski definition) is 0. The highest BCUT2D eigenvalue weighted by Crippen LogP contribution is 2.41. The number of fused-ring (bicyclic) bond motifs is 3. The molecule has 4 rings (SSSR count). The van der Waals surface area contributed by atoms with E-state index in [0.29, 0.717) is 0 Å². The highest BCUT2D eigenvalue weighted by molar-refractivity contribution is 7.26. The second-order valence-electron chi connectivity index (χ2n) is 5.10. The summed E-state index contributed by atoms with van der Waals surface area (Å²) in [6.07, 6.45) is 0. The fraction of sp³-hybridized carbons (Fsp3) is 0.0526. The Balaban J connectivity index is 2.19. The maximum atomic E-state index is 2.26. The summed E-state index contributed by atoms with van der Waals surface area (Å²) in [7, 11) is 0. The average Bonchev–Trinajstić information content (AvgIpc) is 2.89. The van der Waals surface area contributed by atoms with E-state index in [4.69, 9.17) is 0 Å². The molecular weight excluding hydrogens is 260 g/mol. The van der Waals surface area contributed by atoms with Gasteiger partial charge in [0.05, 0.1) is 0 Å². The van der Waals surface area contributed by atoms with E-state index in [1.165, 1.54) is 36.9 Å². The molecule has 0 unspecified atom stereocenters. The molecule has 0 saturated carbocycles. The quantitative estimate of drug-likeness (QED) is 0.397. The van der Waals surface area contributed by atoms with Crippen molar-refractivity contribution in [2.75, 3.05) is 0 Å². The second-order valence-corrected chi connectivity index (χ2v) is 6.15. The molecule has 1 heteroatoms. The van der Waals surface area contributed by atoms with Gasteiger partial charge in [0.15, 0.2) is 0 Å². The van der Waals surface area contributed by atoms with Gasteiger partial charge in [0.25, 0.3) is 0 Å². The number of aryl methyl sites for hydroxylation is 1. The first-order chi connectivity index (χ1) is 9.84. The number of thiophene rings is 1. The van der Waals surface area contributed by atoms with Crippen molar-refractivity contribution >= 4 is 31.5 Å². The maximum absolute atomic E-state index is 2.26. The van der Waals surface area contributed by atoms with E-state index in [1.54, 1.807) is 0 Å². The Bertz CT molecular complexity index is 901. The van der Waals surface area contributed by atoms with Gasteiger partial charge in [-0.1, -0.05) is 60.7 Å². The molecule has 0 radical (unpaired) electrons. The summed E-state index contributed by atoms with van der Waals surface area (Å²) in [5.41, 5.74) is 3.99. The number of hydrogen-bond acceptors (Lipinski definition) is 1. The van der Waals surface area contributed by atoms with Gasteiger partial charge in [0.2, 0.25) is 0 Å². The van der Waals surface area contributed by atoms with E-state index in [1.807, 2.05) is 11.3 Å². The van der Waals surface area contributed by atoms with Crippen molar-refractivity contribution in [2.45, 2.75) is 6.92 Å². The van der Waals surface area contributed by atoms with Crippen LogP contribution in [0.4, 0.5) is 0 Å². The lowest BCUT2D eigenvalue weighted by atomic mass is 9.98. The van der Waals surface area contributed by atoms with Crippen LogP contribution in [0.5, 0.6) is 0 Å². The predicted octanol–water partition coefficient (Wildman–Crippen LogP) is 6.03. The SMILES string of the molecule is Cc1ccc(-c2ccccc2)c2c1sc1ccccc12. The Hall–Kier alpha value is -2.12. The highest BCUT2D eigenvalue weighted by atomic mass is 32.1. The summed E-state index contributed by atoms with van der Waals surface area (Å²) in [6.45, 7) is 2.20. The lowest BCUT2D eigenvalue weighted by Crippen LogP contribution is -1.81. The fourth-order valence-electron chi connectivity index (χ4n) is 2.82. The van der Waals surface area contributed by atoms with Gasteiger partial charge in [-0.25, -0.2) is 0 Å². The zero-order valence-corrected chi connectivity index (χ0v) is 12.1. The van der Waals surface area contributed by atoms with Crippen molar-refractivity contribution in [2.24, 2.45) is 0 Å². The van der Waals surface area contributed by atoms with Crippen molar-refractivity contribution in [1.29, 1.82) is 0 Å². The molecule has 0 atom stereocenters. The zero-order chi connectivity index (χ0) is 13.5. The molecule has 1 heterocycles. The summed E-state index contributed by atoms with van der Waals surface area (Å²) in [6, 6.07) is 23.9. The van der Waals surface area contributed by atoms with Crippen LogP contribution in [0.15, 0.2) is 66.7 Å². The lowest BCUT2D eigenvalue weighted by Gasteiger charge is -2.06. The molecule has 0 fully saturated rings. The van der Waals surface area contributed by atoms with Gasteiger partial charge in [0.1, 0.15) is 0 Å². The fourth-order valence-corrected chi connectivity index (χ4v) is 4.01. The van der Waals surface area contributed by atoms with Crippen LogP contribution in [0.25, 0.3) is 31.3 Å². The van der Waals surface area contributed by atoms with Gasteiger partial charge in [-0.15, -0.1) is 11.3 Å². The minimum atomic E-state index is 1.29. The van der Waals surface area contributed by atoms with Crippen LogP contribution in [-0.4, -0.2) is 0 Å². The molecule has 0 N–H and O–H groups in total. The van der Waals surface area contributed by atoms with E-state index >= 15 is 0 Å². The van der Waals surface area contributed by atoms with E-state index in [-0.39, 0.29) is 0 Å². The third kappa shape index (κ3) is 1.67. The predicted molar refractivity (Wildman–Crippen MR) is 89.5 cm³/mol. The first-order valence-electron chi connectivity index (χ1n) is 6.81. The van der Waals surface area contributed by atoms with Crippen LogP contribution in [-0.2, 0) is 0 Å². The molecule has 0 amide bonds. The minimum Gasteiger partial charge on any atom is -0.135 e. The Kier molecular flexibility index (Phi) is 2.61. The second kappa shape index (κ2) is 4.46. The van der Waals surface area contributed by atoms with Crippen LogP contribution in [0.2, 0.25) is 0 Å². The molecule has 0 aliphatic heterocycles. The summed E-state index contributed by atoms with van der Waals surface area (Å²) < 4.78 is 2.78. The van der Waals surface area contributed by atoms with Crippen LogP contribution >= 0.6 is 11.3 Å². The molecule has 0 nitrogen and oxygen atoms in total. The molecule has 0 aliphatic carbocycles. The normalized spacial score (nSPS) is 11.2. The Morgan fingerprint density at radius 3 is 2.35 bits per heavy atom. The van der Waals surface area contributed by atoms with Crippen LogP contribution in [0.3, 0.4) is 0 Å². The monoisotopic (exact) mass is 274 g/mol. The maximum Gasteiger partial charge on any atom is 0.0390 e. The van der Waals surface area contributed by atoms with Crippen LogP contribution in [0, 0.1) is 6.92 Å². The van der Waals surface area contributed by atoms with Crippen molar-refractivity contribution in [3.63, 3.8) is 0 Å². The van der Waals surface area contributed by atoms with E-state index in [0.717, 1.165) is 0 Å². The van der Waals surface area contributed by atoms with Crippen molar-refractivity contribution in [3.05, 3.63) is 72.3 Å². The molecule has 0 saturated heterocycles. The zero-order valence-electron chi connectivity index (χ0n) is 11.3. The smallest absolute Gasteiger partial charge is 0.0390 e. The van der Waals surface area contributed by atoms with Gasteiger partial charge in [-0.2, -0.15) is 0 Å². The largest absolute Gasteiger partial charge is 0.135 e. The number of rotatable bonds is 1. The topological polar surface area (TPSA) is 0 Å². The van der Waals surface area contributed by atoms with Gasteiger partial charge in [-0.05, 0) is 29.7 Å². The number of benzene rings is 3. The van der Waals surface area contributed by atoms with E-state index < -0.39 is 0 Å². The lowest BCUT2D eigenvalue weighted by molar-refractivity contribution is 1.55. The van der Waals surface area contributed by atoms with Crippen molar-refractivity contribution in [3.8, 4) is 11.1 Å². The Labute approximate surface area is 122 Å². The van der Waals surface area contributed by atoms with Gasteiger partial charge < -0.3 is 0 Å². The molecule has 20 heavy (non-hydrogen) atoms. The van der Waals surface area contributed by atoms with E-state index in [9.17, 15) is 0 Å². The average molecular weight is 274 g/mol. The molecule has 0 aliphatic rings. The van der Waals surface area contributed by atoms with Gasteiger partial charge >= 0.3 is 0 Å². The van der Waals surface area contributed by atoms with Crippen LogP contribution < -0.4 is 0 Å². The van der Waals surface area contributed by atoms with Crippen molar-refractivity contribution in [1.82, 2.24) is 0 Å². The Morgan fingerprint density at radius 1 is 0.750 bits per heavy atom. The first-order valence-corrected chi connectivity index (χ1v) is 7.62. The van der Waals surface area contributed by atoms with Crippen LogP contribution in [0.1, 0.15) is 5.56 Å². The molecular formula is C19H14S. The van der Waals surface area contributed by atoms with Gasteiger partial charge in [-0.3, -0.25) is 0 Å². The Morgan fingerprint density at radius 2 is 1.50 bits per heavy atom. The summed E-state index contributed by atoms with van der Waals surface area (Å²) >= 11 is 1.90. The molecule has 0 spiro atoms. The summed E-state index contributed by atoms with van der Waals surface area (Å²) in [5.74, 6) is 0. The molecule has 0 bridgehead atoms. The first kappa shape index (κ1) is 11.7. The minimum absolute atomic E-state index is 1.29. The molecule has 1 aromatic heterocycles. The van der Waals surface area contributed by atoms with Crippen molar-refractivity contribution < 1.29 is 0 Å². The molecule has 3 aromatic carbocycles. The summed E-state index contributed by atoms with van der Waals surface area (Å²) in [5, 5.41) is 2.77. The van der Waals surface area contributed by atoms with Gasteiger partial charge in [0, 0.05) is 20.2 Å². The highest BCUT2D eigenvalue weighted by Gasteiger charge is 2.11. The van der Waals surface area contributed by atoms with E-state index in [2.05, 4.69) is 73.7 Å².